The molecular weight excluding hydrogens is 230 g/mol. The number of hydrogen-bond donors (Lipinski definition) is 2. The van der Waals surface area contributed by atoms with E-state index in [0.29, 0.717) is 30.5 Å². The summed E-state index contributed by atoms with van der Waals surface area (Å²) in [7, 11) is 0. The van der Waals surface area contributed by atoms with Gasteiger partial charge < -0.3 is 10.2 Å². The number of aliphatic hydroxyl groups is 1. The Morgan fingerprint density at radius 3 is 2.78 bits per heavy atom. The second-order valence-corrected chi connectivity index (χ2v) is 5.29. The number of benzene rings is 1. The average Bonchev–Trinajstić information content (AvgIpc) is 2.24. The Balaban J connectivity index is 2.23. The summed E-state index contributed by atoms with van der Waals surface area (Å²) in [6.07, 6.45) is 1.45. The molecule has 2 rings (SSSR count). The van der Waals surface area contributed by atoms with E-state index in [1.54, 1.807) is 19.9 Å². The van der Waals surface area contributed by atoms with E-state index in [0.717, 1.165) is 5.71 Å². The normalized spacial score (nSPS) is 15.3. The van der Waals surface area contributed by atoms with Crippen LogP contribution in [0.25, 0.3) is 0 Å². The summed E-state index contributed by atoms with van der Waals surface area (Å²) in [5, 5.41) is 19.1. The van der Waals surface area contributed by atoms with Crippen LogP contribution in [0, 0.1) is 0 Å². The first-order valence-electron chi connectivity index (χ1n) is 6.00. The summed E-state index contributed by atoms with van der Waals surface area (Å²) in [5.41, 5.74) is 1.09. The van der Waals surface area contributed by atoms with Gasteiger partial charge in [0.25, 0.3) is 0 Å². The molecule has 0 bridgehead atoms. The molecule has 0 amide bonds. The highest BCUT2D eigenvalue weighted by Crippen LogP contribution is 2.30. The van der Waals surface area contributed by atoms with E-state index in [-0.39, 0.29) is 11.5 Å². The van der Waals surface area contributed by atoms with Crippen molar-refractivity contribution >= 4 is 17.2 Å². The summed E-state index contributed by atoms with van der Waals surface area (Å²) in [6.45, 7) is 3.47. The molecule has 18 heavy (non-hydrogen) atoms. The smallest absolute Gasteiger partial charge is 0.170 e. The van der Waals surface area contributed by atoms with Gasteiger partial charge in [-0.05, 0) is 38.8 Å². The molecule has 4 nitrogen and oxygen atoms in total. The molecule has 0 unspecified atom stereocenters. The van der Waals surface area contributed by atoms with Crippen molar-refractivity contribution in [3.8, 4) is 5.75 Å². The van der Waals surface area contributed by atoms with Crippen LogP contribution in [0.4, 0.5) is 5.69 Å². The molecule has 0 saturated heterocycles. The van der Waals surface area contributed by atoms with Gasteiger partial charge in [0.05, 0.1) is 11.3 Å². The zero-order valence-corrected chi connectivity index (χ0v) is 10.6. The third kappa shape index (κ3) is 2.96. The van der Waals surface area contributed by atoms with Gasteiger partial charge >= 0.3 is 0 Å². The number of fused-ring (bicyclic) bond motifs is 1. The van der Waals surface area contributed by atoms with Crippen molar-refractivity contribution in [3.05, 3.63) is 23.8 Å². The molecule has 0 atom stereocenters. The maximum absolute atomic E-state index is 11.9. The number of carbonyl (C=O) groups excluding carboxylic acids is 1. The van der Waals surface area contributed by atoms with E-state index in [1.807, 2.05) is 0 Å². The van der Waals surface area contributed by atoms with Gasteiger partial charge in [-0.3, -0.25) is 9.79 Å². The van der Waals surface area contributed by atoms with Crippen LogP contribution in [-0.2, 0) is 0 Å². The number of nitrogens with zero attached hydrogens (tertiary/aromatic N) is 1. The molecule has 1 aromatic carbocycles. The SMILES string of the molecule is CC(C)(O)CCC1=Nc2cc(O)ccc2C(=O)C1. The zero-order chi connectivity index (χ0) is 13.3. The highest BCUT2D eigenvalue weighted by atomic mass is 16.3. The Bertz CT molecular complexity index is 512. The number of Topliss-reactive ketones (excluding diaryl/α,β-unsaturated/α-hetero) is 1. The van der Waals surface area contributed by atoms with E-state index in [2.05, 4.69) is 4.99 Å². The van der Waals surface area contributed by atoms with E-state index < -0.39 is 5.60 Å². The Morgan fingerprint density at radius 2 is 2.11 bits per heavy atom. The lowest BCUT2D eigenvalue weighted by molar-refractivity contribution is 0.0729. The molecule has 96 valence electrons. The van der Waals surface area contributed by atoms with Crippen LogP contribution in [-0.4, -0.2) is 27.3 Å². The summed E-state index contributed by atoms with van der Waals surface area (Å²) < 4.78 is 0. The molecule has 0 radical (unpaired) electrons. The van der Waals surface area contributed by atoms with Gasteiger partial charge in [-0.25, -0.2) is 0 Å². The Kier molecular flexibility index (Phi) is 3.22. The van der Waals surface area contributed by atoms with Crippen LogP contribution in [0.1, 0.15) is 43.5 Å². The number of carbonyl (C=O) groups is 1. The quantitative estimate of drug-likeness (QED) is 0.862. The monoisotopic (exact) mass is 247 g/mol. The molecule has 0 aromatic heterocycles. The number of ketones is 1. The maximum atomic E-state index is 11.9. The zero-order valence-electron chi connectivity index (χ0n) is 10.6. The van der Waals surface area contributed by atoms with Crippen LogP contribution >= 0.6 is 0 Å². The number of aliphatic imine (C=N–C) groups is 1. The lowest BCUT2D eigenvalue weighted by Crippen LogP contribution is -2.21. The van der Waals surface area contributed by atoms with Gasteiger partial charge in [0, 0.05) is 23.8 Å². The van der Waals surface area contributed by atoms with Crippen molar-refractivity contribution in [1.82, 2.24) is 0 Å². The van der Waals surface area contributed by atoms with Crippen molar-refractivity contribution in [1.29, 1.82) is 0 Å². The minimum atomic E-state index is -0.759. The first kappa shape index (κ1) is 12.8. The number of rotatable bonds is 3. The van der Waals surface area contributed by atoms with Crippen molar-refractivity contribution in [2.24, 2.45) is 4.99 Å². The van der Waals surface area contributed by atoms with Crippen LogP contribution < -0.4 is 0 Å². The topological polar surface area (TPSA) is 69.9 Å². The molecule has 2 N–H and O–H groups in total. The van der Waals surface area contributed by atoms with Crippen molar-refractivity contribution in [2.75, 3.05) is 0 Å². The standard InChI is InChI=1S/C14H17NO3/c1-14(2,18)6-5-9-7-13(17)11-4-3-10(16)8-12(11)15-9/h3-4,8,16,18H,5-7H2,1-2H3. The van der Waals surface area contributed by atoms with Gasteiger partial charge in [-0.2, -0.15) is 0 Å². The predicted octanol–water partition coefficient (Wildman–Crippen LogP) is 2.60. The van der Waals surface area contributed by atoms with Gasteiger partial charge in [-0.15, -0.1) is 0 Å². The molecule has 4 heteroatoms. The fourth-order valence-electron chi connectivity index (χ4n) is 1.93. The first-order valence-corrected chi connectivity index (χ1v) is 6.00. The fourth-order valence-corrected chi connectivity index (χ4v) is 1.93. The van der Waals surface area contributed by atoms with Crippen molar-refractivity contribution in [2.45, 2.75) is 38.7 Å². The number of aromatic hydroxyl groups is 1. The molecule has 0 fully saturated rings. The summed E-state index contributed by atoms with van der Waals surface area (Å²) in [4.78, 5) is 16.3. The minimum Gasteiger partial charge on any atom is -0.508 e. The van der Waals surface area contributed by atoms with Gasteiger partial charge in [0.15, 0.2) is 5.78 Å². The number of phenols is 1. The Labute approximate surface area is 106 Å². The largest absolute Gasteiger partial charge is 0.508 e. The summed E-state index contributed by atoms with van der Waals surface area (Å²) >= 11 is 0. The van der Waals surface area contributed by atoms with Crippen molar-refractivity contribution < 1.29 is 15.0 Å². The van der Waals surface area contributed by atoms with E-state index in [4.69, 9.17) is 0 Å². The molecule has 0 saturated carbocycles. The van der Waals surface area contributed by atoms with Crippen LogP contribution in [0.5, 0.6) is 5.75 Å². The fraction of sp³-hybridized carbons (Fsp3) is 0.429. The summed E-state index contributed by atoms with van der Waals surface area (Å²) in [6, 6.07) is 4.59. The predicted molar refractivity (Wildman–Crippen MR) is 69.7 cm³/mol. The van der Waals surface area contributed by atoms with Gasteiger partial charge in [0.1, 0.15) is 5.75 Å². The third-order valence-corrected chi connectivity index (χ3v) is 2.95. The second kappa shape index (κ2) is 4.53. The highest BCUT2D eigenvalue weighted by molar-refractivity contribution is 6.15. The Morgan fingerprint density at radius 1 is 1.39 bits per heavy atom. The lowest BCUT2D eigenvalue weighted by Gasteiger charge is -2.19. The van der Waals surface area contributed by atoms with E-state index in [1.165, 1.54) is 12.1 Å². The molecule has 1 heterocycles. The minimum absolute atomic E-state index is 0.0192. The number of phenolic OH excluding ortho intramolecular Hbond substituents is 1. The van der Waals surface area contributed by atoms with Crippen LogP contribution in [0.15, 0.2) is 23.2 Å². The molecule has 1 aromatic rings. The number of hydrogen-bond acceptors (Lipinski definition) is 4. The molecular formula is C14H17NO3. The van der Waals surface area contributed by atoms with Crippen molar-refractivity contribution in [3.63, 3.8) is 0 Å². The maximum Gasteiger partial charge on any atom is 0.170 e. The van der Waals surface area contributed by atoms with E-state index in [9.17, 15) is 15.0 Å². The van der Waals surface area contributed by atoms with Gasteiger partial charge in [-0.1, -0.05) is 0 Å². The van der Waals surface area contributed by atoms with Crippen LogP contribution in [0.2, 0.25) is 0 Å². The van der Waals surface area contributed by atoms with Gasteiger partial charge in [0.2, 0.25) is 0 Å². The highest BCUT2D eigenvalue weighted by Gasteiger charge is 2.22. The second-order valence-electron chi connectivity index (χ2n) is 5.29. The lowest BCUT2D eigenvalue weighted by atomic mass is 9.94. The Hall–Kier alpha value is -1.68. The van der Waals surface area contributed by atoms with Crippen LogP contribution in [0.3, 0.4) is 0 Å². The summed E-state index contributed by atoms with van der Waals surface area (Å²) in [5.74, 6) is 0.125. The molecule has 1 aliphatic rings. The molecule has 0 aliphatic carbocycles. The molecule has 0 spiro atoms. The third-order valence-electron chi connectivity index (χ3n) is 2.95. The first-order chi connectivity index (χ1) is 8.35. The van der Waals surface area contributed by atoms with E-state index >= 15 is 0 Å². The average molecular weight is 247 g/mol. The molecule has 1 aliphatic heterocycles.